The number of anilines is 1. The second-order valence-corrected chi connectivity index (χ2v) is 8.01. The van der Waals surface area contributed by atoms with Crippen LogP contribution in [-0.2, 0) is 4.79 Å². The van der Waals surface area contributed by atoms with Crippen LogP contribution < -0.4 is 11.1 Å². The molecular weight excluding hydrogens is 358 g/mol. The molecule has 1 heterocycles. The molecule has 6 heteroatoms. The van der Waals surface area contributed by atoms with Crippen molar-refractivity contribution in [1.29, 1.82) is 0 Å². The van der Waals surface area contributed by atoms with Crippen LogP contribution >= 0.6 is 11.3 Å². The van der Waals surface area contributed by atoms with Crippen LogP contribution in [0.15, 0.2) is 48.5 Å². The first-order chi connectivity index (χ1) is 13.1. The summed E-state index contributed by atoms with van der Waals surface area (Å²) in [7, 11) is 0. The molecule has 1 aliphatic rings. The van der Waals surface area contributed by atoms with Crippen LogP contribution in [0.1, 0.15) is 47.0 Å². The van der Waals surface area contributed by atoms with Crippen molar-refractivity contribution in [2.75, 3.05) is 5.32 Å². The van der Waals surface area contributed by atoms with Gasteiger partial charge in [0.15, 0.2) is 0 Å². The highest BCUT2D eigenvalue weighted by Crippen LogP contribution is 2.41. The van der Waals surface area contributed by atoms with E-state index >= 15 is 0 Å². The van der Waals surface area contributed by atoms with Crippen LogP contribution in [0.2, 0.25) is 0 Å². The van der Waals surface area contributed by atoms with Gasteiger partial charge in [-0.2, -0.15) is 0 Å². The number of thiazole rings is 1. The zero-order valence-corrected chi connectivity index (χ0v) is 15.7. The zero-order valence-electron chi connectivity index (χ0n) is 14.9. The highest BCUT2D eigenvalue weighted by Gasteiger charge is 2.34. The Labute approximate surface area is 161 Å². The van der Waals surface area contributed by atoms with E-state index in [1.165, 1.54) is 0 Å². The fraction of sp³-hybridized carbons (Fsp3) is 0.286. The normalized spacial score (nSPS) is 19.7. The number of nitrogens with one attached hydrogen (secondary N) is 1. The van der Waals surface area contributed by atoms with Crippen molar-refractivity contribution in [3.8, 4) is 0 Å². The Balaban J connectivity index is 1.57. The maximum atomic E-state index is 13.0. The second-order valence-electron chi connectivity index (χ2n) is 6.95. The van der Waals surface area contributed by atoms with Gasteiger partial charge in [0.2, 0.25) is 11.8 Å². The molecule has 3 aromatic rings. The number of benzene rings is 2. The Bertz CT molecular complexity index is 965. The number of carbonyl (C=O) groups is 2. The third-order valence-corrected chi connectivity index (χ3v) is 6.31. The predicted octanol–water partition coefficient (Wildman–Crippen LogP) is 4.31. The van der Waals surface area contributed by atoms with Crippen LogP contribution in [0.4, 0.5) is 5.69 Å². The van der Waals surface area contributed by atoms with E-state index in [-0.39, 0.29) is 17.7 Å². The first-order valence-corrected chi connectivity index (χ1v) is 9.99. The van der Waals surface area contributed by atoms with Crippen molar-refractivity contribution in [2.45, 2.75) is 31.6 Å². The molecular formula is C21H21N3O2S. The van der Waals surface area contributed by atoms with Gasteiger partial charge in [-0.05, 0) is 43.2 Å². The Hall–Kier alpha value is -2.73. The van der Waals surface area contributed by atoms with Crippen LogP contribution in [0.3, 0.4) is 0 Å². The average molecular weight is 379 g/mol. The smallest absolute Gasteiger partial charge is 0.248 e. The SMILES string of the molecule is NC(=O)c1cccc(NC(=O)C2CCCCC2c2nc3ccccc3s2)c1. The molecule has 0 spiro atoms. The van der Waals surface area contributed by atoms with Crippen molar-refractivity contribution in [2.24, 2.45) is 11.7 Å². The highest BCUT2D eigenvalue weighted by atomic mass is 32.1. The van der Waals surface area contributed by atoms with Gasteiger partial charge < -0.3 is 11.1 Å². The standard InChI is InChI=1S/C21H21N3O2S/c22-19(25)13-6-5-7-14(12-13)23-20(26)15-8-1-2-9-16(15)21-24-17-10-3-4-11-18(17)27-21/h3-7,10-12,15-16H,1-2,8-9H2,(H2,22,25)(H,23,26). The molecule has 0 aliphatic heterocycles. The summed E-state index contributed by atoms with van der Waals surface area (Å²) in [5.41, 5.74) is 7.32. The number of hydrogen-bond acceptors (Lipinski definition) is 4. The maximum Gasteiger partial charge on any atom is 0.248 e. The molecule has 1 aliphatic carbocycles. The summed E-state index contributed by atoms with van der Waals surface area (Å²) in [4.78, 5) is 29.2. The summed E-state index contributed by atoms with van der Waals surface area (Å²) in [6.07, 6.45) is 3.98. The number of para-hydroxylation sites is 1. The van der Waals surface area contributed by atoms with Gasteiger partial charge in [0.05, 0.1) is 15.2 Å². The fourth-order valence-electron chi connectivity index (χ4n) is 3.77. The van der Waals surface area contributed by atoms with E-state index in [0.717, 1.165) is 40.9 Å². The van der Waals surface area contributed by atoms with Crippen LogP contribution in [0.5, 0.6) is 0 Å². The van der Waals surface area contributed by atoms with Crippen LogP contribution in [0, 0.1) is 5.92 Å². The number of fused-ring (bicyclic) bond motifs is 1. The Kier molecular flexibility index (Phi) is 4.90. The van der Waals surface area contributed by atoms with Crippen molar-refractivity contribution >= 4 is 39.1 Å². The molecule has 3 N–H and O–H groups in total. The molecule has 138 valence electrons. The van der Waals surface area contributed by atoms with Crippen molar-refractivity contribution < 1.29 is 9.59 Å². The molecule has 0 saturated heterocycles. The first-order valence-electron chi connectivity index (χ1n) is 9.18. The quantitative estimate of drug-likeness (QED) is 0.708. The lowest BCUT2D eigenvalue weighted by atomic mass is 9.79. The third-order valence-electron chi connectivity index (χ3n) is 5.14. The van der Waals surface area contributed by atoms with E-state index < -0.39 is 5.91 Å². The van der Waals surface area contributed by atoms with Gasteiger partial charge in [-0.1, -0.05) is 31.0 Å². The van der Waals surface area contributed by atoms with Gasteiger partial charge >= 0.3 is 0 Å². The van der Waals surface area contributed by atoms with Gasteiger partial charge in [0, 0.05) is 23.1 Å². The summed E-state index contributed by atoms with van der Waals surface area (Å²) in [6.45, 7) is 0. The molecule has 1 fully saturated rings. The minimum Gasteiger partial charge on any atom is -0.366 e. The number of primary amides is 1. The van der Waals surface area contributed by atoms with Crippen molar-refractivity contribution in [1.82, 2.24) is 4.98 Å². The minimum atomic E-state index is -0.504. The molecule has 2 unspecified atom stereocenters. The average Bonchev–Trinajstić information content (AvgIpc) is 3.12. The Morgan fingerprint density at radius 1 is 1.07 bits per heavy atom. The highest BCUT2D eigenvalue weighted by molar-refractivity contribution is 7.18. The third kappa shape index (κ3) is 3.71. The van der Waals surface area contributed by atoms with E-state index in [1.807, 2.05) is 18.2 Å². The minimum absolute atomic E-state index is 0.0134. The monoisotopic (exact) mass is 379 g/mol. The molecule has 0 bridgehead atoms. The molecule has 5 nitrogen and oxygen atoms in total. The summed E-state index contributed by atoms with van der Waals surface area (Å²) >= 11 is 1.69. The number of rotatable bonds is 4. The van der Waals surface area contributed by atoms with Crippen molar-refractivity contribution in [3.63, 3.8) is 0 Å². The van der Waals surface area contributed by atoms with Gasteiger partial charge in [-0.25, -0.2) is 4.98 Å². The number of amides is 2. The lowest BCUT2D eigenvalue weighted by Crippen LogP contribution is -2.30. The molecule has 27 heavy (non-hydrogen) atoms. The van der Waals surface area contributed by atoms with Gasteiger partial charge in [0.25, 0.3) is 0 Å². The molecule has 2 atom stereocenters. The van der Waals surface area contributed by atoms with E-state index in [2.05, 4.69) is 11.4 Å². The number of nitrogens with zero attached hydrogens (tertiary/aromatic N) is 1. The largest absolute Gasteiger partial charge is 0.366 e. The fourth-order valence-corrected chi connectivity index (χ4v) is 4.94. The number of aromatic nitrogens is 1. The van der Waals surface area contributed by atoms with Gasteiger partial charge in [-0.15, -0.1) is 11.3 Å². The van der Waals surface area contributed by atoms with Gasteiger partial charge in [-0.3, -0.25) is 9.59 Å². The second kappa shape index (κ2) is 7.48. The maximum absolute atomic E-state index is 13.0. The van der Waals surface area contributed by atoms with E-state index in [1.54, 1.807) is 35.6 Å². The van der Waals surface area contributed by atoms with Crippen molar-refractivity contribution in [3.05, 3.63) is 59.1 Å². The predicted molar refractivity (Wildman–Crippen MR) is 108 cm³/mol. The summed E-state index contributed by atoms with van der Waals surface area (Å²) < 4.78 is 1.16. The Morgan fingerprint density at radius 2 is 1.89 bits per heavy atom. The summed E-state index contributed by atoms with van der Waals surface area (Å²) in [6, 6.07) is 14.9. The van der Waals surface area contributed by atoms with Gasteiger partial charge in [0.1, 0.15) is 0 Å². The topological polar surface area (TPSA) is 85.1 Å². The van der Waals surface area contributed by atoms with E-state index in [0.29, 0.717) is 11.3 Å². The molecule has 2 amide bonds. The Morgan fingerprint density at radius 3 is 2.70 bits per heavy atom. The number of carbonyl (C=O) groups excluding carboxylic acids is 2. The molecule has 2 aromatic carbocycles. The van der Waals surface area contributed by atoms with Crippen LogP contribution in [0.25, 0.3) is 10.2 Å². The molecule has 1 aromatic heterocycles. The van der Waals surface area contributed by atoms with E-state index in [9.17, 15) is 9.59 Å². The molecule has 4 rings (SSSR count). The molecule has 0 radical (unpaired) electrons. The lowest BCUT2D eigenvalue weighted by molar-refractivity contribution is -0.121. The molecule has 1 saturated carbocycles. The van der Waals surface area contributed by atoms with E-state index in [4.69, 9.17) is 10.7 Å². The first kappa shape index (κ1) is 17.7. The summed E-state index contributed by atoms with van der Waals surface area (Å²) in [5, 5.41) is 4.01. The number of hydrogen-bond donors (Lipinski definition) is 2. The lowest BCUT2D eigenvalue weighted by Gasteiger charge is -2.29. The summed E-state index contributed by atoms with van der Waals surface area (Å²) in [5.74, 6) is -0.497. The van der Waals surface area contributed by atoms with Crippen LogP contribution in [-0.4, -0.2) is 16.8 Å². The zero-order chi connectivity index (χ0) is 18.8. The number of nitrogens with two attached hydrogens (primary N) is 1.